The fourth-order valence-electron chi connectivity index (χ4n) is 2.52. The molecule has 1 aromatic carbocycles. The minimum Gasteiger partial charge on any atom is -0.365 e. The summed E-state index contributed by atoms with van der Waals surface area (Å²) in [6, 6.07) is 4.78. The van der Waals surface area contributed by atoms with Gasteiger partial charge in [0.15, 0.2) is 0 Å². The summed E-state index contributed by atoms with van der Waals surface area (Å²) in [5.41, 5.74) is 1.08. The minimum absolute atomic E-state index is 0.0518. The highest BCUT2D eigenvalue weighted by molar-refractivity contribution is 5.79. The van der Waals surface area contributed by atoms with Crippen LogP contribution in [0.5, 0.6) is 0 Å². The van der Waals surface area contributed by atoms with Crippen LogP contribution in [0, 0.1) is 22.0 Å². The maximum atomic E-state index is 11.3. The average Bonchev–Trinajstić information content (AvgIpc) is 3.32. The molecular weight excluding hydrogens is 256 g/mol. The molecule has 0 amide bonds. The van der Waals surface area contributed by atoms with E-state index in [1.54, 1.807) is 12.1 Å². The molecule has 0 spiro atoms. The van der Waals surface area contributed by atoms with Crippen LogP contribution in [0.25, 0.3) is 0 Å². The van der Waals surface area contributed by atoms with E-state index < -0.39 is 0 Å². The molecule has 0 bridgehead atoms. The molecule has 0 N–H and O–H groups in total. The molecule has 0 heterocycles. The second-order valence-corrected chi connectivity index (χ2v) is 5.91. The molecule has 2 fully saturated rings. The molecule has 2 aliphatic rings. The van der Waals surface area contributed by atoms with E-state index in [0.717, 1.165) is 13.1 Å². The van der Waals surface area contributed by atoms with Gasteiger partial charge in [0.2, 0.25) is 0 Å². The van der Waals surface area contributed by atoms with E-state index in [1.165, 1.54) is 31.7 Å². The predicted molar refractivity (Wildman–Crippen MR) is 76.1 cm³/mol. The summed E-state index contributed by atoms with van der Waals surface area (Å²) >= 11 is 0. The number of benzene rings is 1. The molecule has 2 aliphatic carbocycles. The molecule has 3 rings (SSSR count). The third-order valence-electron chi connectivity index (χ3n) is 4.02. The predicted octanol–water partition coefficient (Wildman–Crippen LogP) is 3.03. The highest BCUT2D eigenvalue weighted by atomic mass is 16.6. The van der Waals surface area contributed by atoms with Crippen molar-refractivity contribution in [1.29, 1.82) is 0 Å². The number of hydrogen-bond acceptors (Lipinski definition) is 4. The number of hydrogen-bond donors (Lipinski definition) is 0. The largest absolute Gasteiger partial charge is 0.365 e. The van der Waals surface area contributed by atoms with E-state index in [0.29, 0.717) is 29.4 Å². The summed E-state index contributed by atoms with van der Waals surface area (Å²) in [6.45, 7) is 1.80. The van der Waals surface area contributed by atoms with Crippen LogP contribution in [0.2, 0.25) is 0 Å². The van der Waals surface area contributed by atoms with Crippen molar-refractivity contribution in [2.24, 2.45) is 11.8 Å². The molecule has 5 heteroatoms. The number of aldehydes is 1. The van der Waals surface area contributed by atoms with Crippen LogP contribution >= 0.6 is 0 Å². The van der Waals surface area contributed by atoms with Gasteiger partial charge in [-0.2, -0.15) is 0 Å². The van der Waals surface area contributed by atoms with Gasteiger partial charge in [-0.3, -0.25) is 14.9 Å². The van der Waals surface area contributed by atoms with Crippen molar-refractivity contribution < 1.29 is 9.72 Å². The van der Waals surface area contributed by atoms with Crippen LogP contribution in [0.15, 0.2) is 18.2 Å². The SMILES string of the molecule is O=Cc1ccc(N(CC2CC2)CC2CC2)c([N+](=O)[O-])c1. The molecule has 0 aliphatic heterocycles. The number of carbonyl (C=O) groups is 1. The molecule has 1 aromatic rings. The number of nitro groups is 1. The Bertz CT molecular complexity index is 522. The van der Waals surface area contributed by atoms with Crippen LogP contribution in [0.4, 0.5) is 11.4 Å². The molecule has 0 atom stereocenters. The highest BCUT2D eigenvalue weighted by Crippen LogP contribution is 2.38. The van der Waals surface area contributed by atoms with E-state index in [-0.39, 0.29) is 10.6 Å². The minimum atomic E-state index is -0.380. The monoisotopic (exact) mass is 274 g/mol. The maximum Gasteiger partial charge on any atom is 0.293 e. The van der Waals surface area contributed by atoms with Gasteiger partial charge in [-0.05, 0) is 49.7 Å². The fraction of sp³-hybridized carbons (Fsp3) is 0.533. The van der Waals surface area contributed by atoms with Crippen molar-refractivity contribution in [2.75, 3.05) is 18.0 Å². The van der Waals surface area contributed by atoms with E-state index >= 15 is 0 Å². The Morgan fingerprint density at radius 3 is 2.25 bits per heavy atom. The van der Waals surface area contributed by atoms with E-state index in [2.05, 4.69) is 4.90 Å². The zero-order valence-electron chi connectivity index (χ0n) is 11.3. The Kier molecular flexibility index (Phi) is 3.42. The van der Waals surface area contributed by atoms with Gasteiger partial charge in [0.25, 0.3) is 5.69 Å². The first-order chi connectivity index (χ1) is 9.67. The highest BCUT2D eigenvalue weighted by Gasteiger charge is 2.32. The van der Waals surface area contributed by atoms with Gasteiger partial charge in [0, 0.05) is 24.7 Å². The van der Waals surface area contributed by atoms with Gasteiger partial charge in [0.1, 0.15) is 12.0 Å². The molecule has 0 saturated heterocycles. The Balaban J connectivity index is 1.90. The van der Waals surface area contributed by atoms with Crippen molar-refractivity contribution in [2.45, 2.75) is 25.7 Å². The second kappa shape index (κ2) is 5.23. The van der Waals surface area contributed by atoms with Crippen LogP contribution in [0.1, 0.15) is 36.0 Å². The van der Waals surface area contributed by atoms with Crippen LogP contribution in [-0.4, -0.2) is 24.3 Å². The number of nitrogens with zero attached hydrogens (tertiary/aromatic N) is 2. The molecule has 0 aromatic heterocycles. The number of rotatable bonds is 7. The number of carbonyl (C=O) groups excluding carboxylic acids is 1. The summed E-state index contributed by atoms with van der Waals surface area (Å²) in [5.74, 6) is 1.36. The van der Waals surface area contributed by atoms with Crippen molar-refractivity contribution in [3.63, 3.8) is 0 Å². The zero-order valence-corrected chi connectivity index (χ0v) is 11.3. The standard InChI is InChI=1S/C15H18N2O3/c18-10-13-5-6-14(15(7-13)17(19)20)16(8-11-1-2-11)9-12-3-4-12/h5-7,10-12H,1-4,8-9H2. The molecular formula is C15H18N2O3. The third-order valence-corrected chi connectivity index (χ3v) is 4.02. The summed E-state index contributed by atoms with van der Waals surface area (Å²) in [4.78, 5) is 23.8. The molecule has 106 valence electrons. The maximum absolute atomic E-state index is 11.3. The lowest BCUT2D eigenvalue weighted by molar-refractivity contribution is -0.384. The lowest BCUT2D eigenvalue weighted by Crippen LogP contribution is -2.28. The molecule has 0 radical (unpaired) electrons. The second-order valence-electron chi connectivity index (χ2n) is 5.91. The van der Waals surface area contributed by atoms with Gasteiger partial charge < -0.3 is 4.90 Å². The van der Waals surface area contributed by atoms with Crippen LogP contribution < -0.4 is 4.90 Å². The summed E-state index contributed by atoms with van der Waals surface area (Å²) < 4.78 is 0. The van der Waals surface area contributed by atoms with Gasteiger partial charge in [-0.1, -0.05) is 0 Å². The molecule has 2 saturated carbocycles. The topological polar surface area (TPSA) is 63.5 Å². The van der Waals surface area contributed by atoms with Gasteiger partial charge >= 0.3 is 0 Å². The first-order valence-corrected chi connectivity index (χ1v) is 7.16. The van der Waals surface area contributed by atoms with Crippen molar-refractivity contribution in [1.82, 2.24) is 0 Å². The lowest BCUT2D eigenvalue weighted by Gasteiger charge is -2.24. The van der Waals surface area contributed by atoms with Gasteiger partial charge in [-0.15, -0.1) is 0 Å². The lowest BCUT2D eigenvalue weighted by atomic mass is 10.1. The normalized spacial score (nSPS) is 17.8. The first kappa shape index (κ1) is 13.1. The number of anilines is 1. The van der Waals surface area contributed by atoms with Crippen LogP contribution in [0.3, 0.4) is 0 Å². The Labute approximate surface area is 117 Å². The molecule has 20 heavy (non-hydrogen) atoms. The van der Waals surface area contributed by atoms with Gasteiger partial charge in [0.05, 0.1) is 4.92 Å². The first-order valence-electron chi connectivity index (χ1n) is 7.16. The summed E-state index contributed by atoms with van der Waals surface area (Å²) in [5, 5.41) is 11.3. The summed E-state index contributed by atoms with van der Waals surface area (Å²) in [7, 11) is 0. The third kappa shape index (κ3) is 2.98. The van der Waals surface area contributed by atoms with E-state index in [9.17, 15) is 14.9 Å². The van der Waals surface area contributed by atoms with E-state index in [4.69, 9.17) is 0 Å². The average molecular weight is 274 g/mol. The zero-order chi connectivity index (χ0) is 14.1. The van der Waals surface area contributed by atoms with Crippen molar-refractivity contribution >= 4 is 17.7 Å². The van der Waals surface area contributed by atoms with Gasteiger partial charge in [-0.25, -0.2) is 0 Å². The summed E-state index contributed by atoms with van der Waals surface area (Å²) in [6.07, 6.45) is 5.55. The fourth-order valence-corrected chi connectivity index (χ4v) is 2.52. The Morgan fingerprint density at radius 1 is 1.20 bits per heavy atom. The quantitative estimate of drug-likeness (QED) is 0.435. The smallest absolute Gasteiger partial charge is 0.293 e. The van der Waals surface area contributed by atoms with Crippen molar-refractivity contribution in [3.05, 3.63) is 33.9 Å². The van der Waals surface area contributed by atoms with Crippen molar-refractivity contribution in [3.8, 4) is 0 Å². The van der Waals surface area contributed by atoms with E-state index in [1.807, 2.05) is 0 Å². The van der Waals surface area contributed by atoms with Crippen LogP contribution in [-0.2, 0) is 0 Å². The Morgan fingerprint density at radius 2 is 1.80 bits per heavy atom. The molecule has 5 nitrogen and oxygen atoms in total. The Hall–Kier alpha value is -1.91. The molecule has 0 unspecified atom stereocenters. The number of nitro benzene ring substituents is 1.